The van der Waals surface area contributed by atoms with Gasteiger partial charge in [0.05, 0.1) is 15.5 Å². The minimum atomic E-state index is -3.79. The van der Waals surface area contributed by atoms with Crippen molar-refractivity contribution in [3.8, 4) is 11.4 Å². The van der Waals surface area contributed by atoms with Crippen molar-refractivity contribution in [1.29, 1.82) is 0 Å². The van der Waals surface area contributed by atoms with Gasteiger partial charge in [0.2, 0.25) is 21.7 Å². The van der Waals surface area contributed by atoms with E-state index in [1.807, 2.05) is 0 Å². The van der Waals surface area contributed by atoms with Gasteiger partial charge in [-0.05, 0) is 42.7 Å². The lowest BCUT2D eigenvalue weighted by molar-refractivity contribution is 0.271. The number of benzene rings is 1. The first kappa shape index (κ1) is 22.2. The van der Waals surface area contributed by atoms with E-state index in [-0.39, 0.29) is 40.3 Å². The molecule has 3 aromatic rings. The molecule has 0 spiro atoms. The van der Waals surface area contributed by atoms with E-state index >= 15 is 0 Å². The van der Waals surface area contributed by atoms with Gasteiger partial charge in [-0.3, -0.25) is 4.79 Å². The van der Waals surface area contributed by atoms with Crippen LogP contribution in [0, 0.1) is 5.82 Å². The molecule has 5 rings (SSSR count). The standard InChI is InChI=1S/C21H21ClFN5O4S/c22-16-10-14(1-2-17(16)23)33(30,31)28-7-4-12(5-8-28)21-26-19(27-32-21)15-9-13-11-24-6-3-18(13)25-20(15)29/h1-2,9-10,12,24H,3-8,11H2,(H,25,29). The van der Waals surface area contributed by atoms with Crippen molar-refractivity contribution in [2.75, 3.05) is 19.6 Å². The Hall–Kier alpha value is -2.60. The van der Waals surface area contributed by atoms with E-state index in [4.69, 9.17) is 16.1 Å². The Morgan fingerprint density at radius 2 is 2.00 bits per heavy atom. The Kier molecular flexibility index (Phi) is 5.81. The van der Waals surface area contributed by atoms with Gasteiger partial charge in [0.25, 0.3) is 5.56 Å². The Morgan fingerprint density at radius 1 is 1.21 bits per heavy atom. The lowest BCUT2D eigenvalue weighted by Gasteiger charge is -2.29. The highest BCUT2D eigenvalue weighted by Gasteiger charge is 2.33. The molecule has 9 nitrogen and oxygen atoms in total. The van der Waals surface area contributed by atoms with Crippen LogP contribution in [0.4, 0.5) is 4.39 Å². The third kappa shape index (κ3) is 4.21. The SMILES string of the molecule is O=c1[nH]c2c(cc1-c1noc(C3CCN(S(=O)(=O)c4ccc(F)c(Cl)c4)CC3)n1)CNCC2. The summed E-state index contributed by atoms with van der Waals surface area (Å²) in [6.07, 6.45) is 1.70. The van der Waals surface area contributed by atoms with Crippen molar-refractivity contribution in [2.24, 2.45) is 0 Å². The van der Waals surface area contributed by atoms with Crippen molar-refractivity contribution in [3.05, 3.63) is 62.6 Å². The topological polar surface area (TPSA) is 121 Å². The van der Waals surface area contributed by atoms with Crippen LogP contribution in [0.5, 0.6) is 0 Å². The Morgan fingerprint density at radius 3 is 2.76 bits per heavy atom. The fourth-order valence-electron chi connectivity index (χ4n) is 4.23. The first-order chi connectivity index (χ1) is 15.8. The highest BCUT2D eigenvalue weighted by Crippen LogP contribution is 2.31. The van der Waals surface area contributed by atoms with Crippen molar-refractivity contribution in [3.63, 3.8) is 0 Å². The zero-order chi connectivity index (χ0) is 23.2. The lowest BCUT2D eigenvalue weighted by Crippen LogP contribution is -2.38. The number of aromatic nitrogens is 3. The fraction of sp³-hybridized carbons (Fsp3) is 0.381. The van der Waals surface area contributed by atoms with Crippen molar-refractivity contribution in [1.82, 2.24) is 24.7 Å². The van der Waals surface area contributed by atoms with Gasteiger partial charge >= 0.3 is 0 Å². The summed E-state index contributed by atoms with van der Waals surface area (Å²) in [4.78, 5) is 19.8. The monoisotopic (exact) mass is 493 g/mol. The summed E-state index contributed by atoms with van der Waals surface area (Å²) in [6.45, 7) is 1.96. The van der Waals surface area contributed by atoms with Crippen molar-refractivity contribution in [2.45, 2.75) is 36.6 Å². The van der Waals surface area contributed by atoms with E-state index in [1.165, 1.54) is 10.4 Å². The predicted octanol–water partition coefficient (Wildman–Crippen LogP) is 2.43. The third-order valence-corrected chi connectivity index (χ3v) is 8.28. The molecule has 0 atom stereocenters. The molecule has 2 aliphatic rings. The van der Waals surface area contributed by atoms with E-state index < -0.39 is 15.8 Å². The van der Waals surface area contributed by atoms with E-state index in [1.54, 1.807) is 6.07 Å². The zero-order valence-electron chi connectivity index (χ0n) is 17.5. The normalized spacial score (nSPS) is 17.8. The molecule has 0 bridgehead atoms. The smallest absolute Gasteiger partial charge is 0.259 e. The van der Waals surface area contributed by atoms with Crippen LogP contribution >= 0.6 is 11.6 Å². The highest BCUT2D eigenvalue weighted by molar-refractivity contribution is 7.89. The molecule has 0 aliphatic carbocycles. The molecule has 2 aliphatic heterocycles. The molecule has 174 valence electrons. The van der Waals surface area contributed by atoms with Crippen LogP contribution in [-0.4, -0.2) is 47.5 Å². The van der Waals surface area contributed by atoms with Crippen molar-refractivity contribution >= 4 is 21.6 Å². The molecule has 0 unspecified atom stereocenters. The maximum absolute atomic E-state index is 13.4. The van der Waals surface area contributed by atoms with E-state index in [0.717, 1.165) is 36.4 Å². The number of aromatic amines is 1. The largest absolute Gasteiger partial charge is 0.339 e. The summed E-state index contributed by atoms with van der Waals surface area (Å²) < 4.78 is 46.0. The second-order valence-corrected chi connectivity index (χ2v) is 10.5. The maximum atomic E-state index is 13.4. The van der Waals surface area contributed by atoms with E-state index in [0.29, 0.717) is 30.8 Å². The van der Waals surface area contributed by atoms with Gasteiger partial charge in [0, 0.05) is 44.2 Å². The summed E-state index contributed by atoms with van der Waals surface area (Å²) in [5.41, 5.74) is 2.01. The fourth-order valence-corrected chi connectivity index (χ4v) is 5.98. The van der Waals surface area contributed by atoms with Crippen LogP contribution in [0.3, 0.4) is 0 Å². The van der Waals surface area contributed by atoms with Crippen LogP contribution in [0.2, 0.25) is 5.02 Å². The Bertz CT molecular complexity index is 1370. The molecule has 2 N–H and O–H groups in total. The van der Waals surface area contributed by atoms with Gasteiger partial charge in [-0.1, -0.05) is 16.8 Å². The first-order valence-electron chi connectivity index (χ1n) is 10.6. The average molecular weight is 494 g/mol. The predicted molar refractivity (Wildman–Crippen MR) is 118 cm³/mol. The van der Waals surface area contributed by atoms with Crippen LogP contribution in [0.1, 0.15) is 35.9 Å². The van der Waals surface area contributed by atoms with Gasteiger partial charge in [-0.15, -0.1) is 0 Å². The van der Waals surface area contributed by atoms with Gasteiger partial charge < -0.3 is 14.8 Å². The number of halogens is 2. The van der Waals surface area contributed by atoms with E-state index in [9.17, 15) is 17.6 Å². The molecule has 1 fully saturated rings. The van der Waals surface area contributed by atoms with Crippen LogP contribution in [0.15, 0.2) is 38.5 Å². The van der Waals surface area contributed by atoms with Gasteiger partial charge in [0.15, 0.2) is 0 Å². The molecular formula is C21H21ClFN5O4S. The summed E-state index contributed by atoms with van der Waals surface area (Å²) in [5, 5.41) is 7.02. The van der Waals surface area contributed by atoms with Crippen molar-refractivity contribution < 1.29 is 17.3 Å². The van der Waals surface area contributed by atoms with E-state index in [2.05, 4.69) is 20.4 Å². The molecule has 0 radical (unpaired) electrons. The molecule has 2 aromatic heterocycles. The van der Waals surface area contributed by atoms with Crippen LogP contribution in [0.25, 0.3) is 11.4 Å². The number of rotatable bonds is 4. The summed E-state index contributed by atoms with van der Waals surface area (Å²) in [6, 6.07) is 5.16. The number of hydrogen-bond donors (Lipinski definition) is 2. The van der Waals surface area contributed by atoms with Gasteiger partial charge in [-0.25, -0.2) is 12.8 Å². The number of nitrogens with one attached hydrogen (secondary N) is 2. The molecule has 12 heteroatoms. The summed E-state index contributed by atoms with van der Waals surface area (Å²) in [5.74, 6) is -0.207. The molecular weight excluding hydrogens is 473 g/mol. The second-order valence-electron chi connectivity index (χ2n) is 8.15. The number of H-pyrrole nitrogens is 1. The minimum absolute atomic E-state index is 0.0476. The molecule has 0 saturated carbocycles. The Balaban J connectivity index is 1.31. The first-order valence-corrected chi connectivity index (χ1v) is 12.4. The number of nitrogens with zero attached hydrogens (tertiary/aromatic N) is 3. The van der Waals surface area contributed by atoms with Crippen LogP contribution in [-0.2, 0) is 23.0 Å². The third-order valence-electron chi connectivity index (χ3n) is 6.10. The summed E-state index contributed by atoms with van der Waals surface area (Å²) in [7, 11) is -3.79. The molecule has 1 aromatic carbocycles. The average Bonchev–Trinajstić information content (AvgIpc) is 3.30. The molecule has 4 heterocycles. The molecule has 0 amide bonds. The minimum Gasteiger partial charge on any atom is -0.339 e. The molecule has 33 heavy (non-hydrogen) atoms. The lowest BCUT2D eigenvalue weighted by atomic mass is 9.98. The quantitative estimate of drug-likeness (QED) is 0.572. The number of hydrogen-bond acceptors (Lipinski definition) is 7. The maximum Gasteiger partial charge on any atom is 0.259 e. The number of fused-ring (bicyclic) bond motifs is 1. The van der Waals surface area contributed by atoms with Gasteiger partial charge in [-0.2, -0.15) is 9.29 Å². The number of sulfonamides is 1. The van der Waals surface area contributed by atoms with Gasteiger partial charge in [0.1, 0.15) is 5.82 Å². The molecule has 1 saturated heterocycles. The number of pyridine rings is 1. The summed E-state index contributed by atoms with van der Waals surface area (Å²) >= 11 is 5.75. The number of piperidine rings is 1. The Labute approximate surface area is 194 Å². The zero-order valence-corrected chi connectivity index (χ0v) is 19.0. The van der Waals surface area contributed by atoms with Crippen LogP contribution < -0.4 is 10.9 Å². The highest BCUT2D eigenvalue weighted by atomic mass is 35.5. The second kappa shape index (κ2) is 8.64.